The van der Waals surface area contributed by atoms with Crippen LogP contribution >= 0.6 is 0 Å². The second-order valence-electron chi connectivity index (χ2n) is 9.80. The fourth-order valence-corrected chi connectivity index (χ4v) is 6.14. The topological polar surface area (TPSA) is 122 Å². The molecule has 1 aromatic carbocycles. The Morgan fingerprint density at radius 3 is 1.53 bits per heavy atom. The number of hydrogen-bond acceptors (Lipinski definition) is 9. The van der Waals surface area contributed by atoms with Crippen LogP contribution < -0.4 is 0 Å². The summed E-state index contributed by atoms with van der Waals surface area (Å²) < 4.78 is 20.9. The summed E-state index contributed by atoms with van der Waals surface area (Å²) in [5.74, 6) is -2.67. The highest BCUT2D eigenvalue weighted by Gasteiger charge is 2.68. The van der Waals surface area contributed by atoms with Crippen LogP contribution in [0.5, 0.6) is 0 Å². The molecule has 1 aromatic rings. The smallest absolute Gasteiger partial charge is 0.324 e. The molecule has 3 aliphatic rings. The van der Waals surface area contributed by atoms with Crippen LogP contribution in [-0.4, -0.2) is 56.1 Å². The molecule has 1 spiro atoms. The van der Waals surface area contributed by atoms with Gasteiger partial charge in [-0.05, 0) is 76.1 Å². The van der Waals surface area contributed by atoms with E-state index in [-0.39, 0.29) is 64.3 Å². The average molecular weight is 501 g/mol. The summed E-state index contributed by atoms with van der Waals surface area (Å²) in [6.45, 7) is 7.18. The van der Waals surface area contributed by atoms with Crippen LogP contribution in [0, 0.1) is 10.8 Å². The molecule has 0 aliphatic heterocycles. The molecule has 4 rings (SSSR count). The van der Waals surface area contributed by atoms with Gasteiger partial charge in [0.05, 0.1) is 26.4 Å². The van der Waals surface area contributed by atoms with Gasteiger partial charge in [-0.3, -0.25) is 24.0 Å². The molecule has 0 aromatic heterocycles. The average Bonchev–Trinajstić information content (AvgIpc) is 3.33. The number of Topliss-reactive ketones (excluding diaryl/α,β-unsaturated/α-hetero) is 1. The molecule has 0 atom stereocenters. The summed E-state index contributed by atoms with van der Waals surface area (Å²) in [5.41, 5.74) is -0.946. The van der Waals surface area contributed by atoms with Gasteiger partial charge in [0.2, 0.25) is 0 Å². The summed E-state index contributed by atoms with van der Waals surface area (Å²) >= 11 is 0. The second kappa shape index (κ2) is 9.33. The van der Waals surface area contributed by atoms with Gasteiger partial charge in [-0.25, -0.2) is 0 Å². The van der Waals surface area contributed by atoms with E-state index in [1.165, 1.54) is 0 Å². The van der Waals surface area contributed by atoms with Gasteiger partial charge in [0.25, 0.3) is 0 Å². The number of fused-ring (bicyclic) bond motifs is 3. The maximum absolute atomic E-state index is 13.1. The van der Waals surface area contributed by atoms with E-state index in [1.807, 2.05) is 6.07 Å². The lowest BCUT2D eigenvalue weighted by Gasteiger charge is -2.51. The Bertz CT molecular complexity index is 1090. The van der Waals surface area contributed by atoms with E-state index >= 15 is 0 Å². The van der Waals surface area contributed by atoms with Crippen molar-refractivity contribution in [2.45, 2.75) is 65.2 Å². The van der Waals surface area contributed by atoms with Crippen LogP contribution in [0.4, 0.5) is 0 Å². The van der Waals surface area contributed by atoms with Crippen molar-refractivity contribution >= 4 is 29.7 Å². The quantitative estimate of drug-likeness (QED) is 0.301. The Balaban J connectivity index is 1.71. The van der Waals surface area contributed by atoms with Crippen molar-refractivity contribution in [2.75, 3.05) is 26.4 Å². The van der Waals surface area contributed by atoms with Crippen LogP contribution in [0.15, 0.2) is 12.1 Å². The van der Waals surface area contributed by atoms with Gasteiger partial charge in [0.15, 0.2) is 16.6 Å². The van der Waals surface area contributed by atoms with E-state index in [2.05, 4.69) is 0 Å². The predicted octanol–water partition coefficient (Wildman–Crippen LogP) is 2.63. The number of hydrogen-bond donors (Lipinski definition) is 0. The molecular weight excluding hydrogens is 468 g/mol. The standard InChI is InChI=1S/C27H32O9/c1-5-33-21(29)26(22(30)34-6-2)11-16-9-18-19(10-17(16)12-26)25(13-20(18)28)14-27(15-25,23(31)35-7-3)24(32)36-8-4/h9-10H,5-8,11-15H2,1-4H3. The normalized spacial score (nSPS) is 19.6. The lowest BCUT2D eigenvalue weighted by atomic mass is 9.50. The molecule has 0 radical (unpaired) electrons. The van der Waals surface area contributed by atoms with Crippen molar-refractivity contribution in [1.29, 1.82) is 0 Å². The van der Waals surface area contributed by atoms with E-state index in [1.54, 1.807) is 33.8 Å². The third-order valence-corrected chi connectivity index (χ3v) is 7.64. The van der Waals surface area contributed by atoms with Crippen molar-refractivity contribution in [3.63, 3.8) is 0 Å². The van der Waals surface area contributed by atoms with Gasteiger partial charge in [-0.1, -0.05) is 6.07 Å². The van der Waals surface area contributed by atoms with E-state index < -0.39 is 40.1 Å². The number of ether oxygens (including phenoxy) is 4. The first-order chi connectivity index (χ1) is 17.1. The first-order valence-electron chi connectivity index (χ1n) is 12.5. The lowest BCUT2D eigenvalue weighted by Crippen LogP contribution is -2.58. The van der Waals surface area contributed by atoms with E-state index in [0.717, 1.165) is 16.7 Å². The van der Waals surface area contributed by atoms with Crippen LogP contribution in [-0.2, 0) is 56.4 Å². The maximum Gasteiger partial charge on any atom is 0.324 e. The maximum atomic E-state index is 13.1. The Labute approximate surface area is 209 Å². The zero-order chi connectivity index (χ0) is 26.3. The molecule has 0 heterocycles. The van der Waals surface area contributed by atoms with Crippen LogP contribution in [0.3, 0.4) is 0 Å². The number of esters is 4. The van der Waals surface area contributed by atoms with E-state index in [0.29, 0.717) is 5.56 Å². The van der Waals surface area contributed by atoms with Crippen molar-refractivity contribution in [1.82, 2.24) is 0 Å². The third-order valence-electron chi connectivity index (χ3n) is 7.64. The minimum Gasteiger partial charge on any atom is -0.465 e. The molecule has 3 aliphatic carbocycles. The van der Waals surface area contributed by atoms with Crippen LogP contribution in [0.25, 0.3) is 0 Å². The van der Waals surface area contributed by atoms with Crippen LogP contribution in [0.1, 0.15) is 74.0 Å². The van der Waals surface area contributed by atoms with Gasteiger partial charge < -0.3 is 18.9 Å². The molecule has 36 heavy (non-hydrogen) atoms. The Hall–Kier alpha value is -3.23. The Kier molecular flexibility index (Phi) is 6.70. The fraction of sp³-hybridized carbons (Fsp3) is 0.593. The molecule has 0 unspecified atom stereocenters. The number of carbonyl (C=O) groups excluding carboxylic acids is 5. The van der Waals surface area contributed by atoms with Crippen molar-refractivity contribution in [2.24, 2.45) is 10.8 Å². The first kappa shape index (κ1) is 25.9. The van der Waals surface area contributed by atoms with Crippen molar-refractivity contribution < 1.29 is 42.9 Å². The molecule has 9 heteroatoms. The van der Waals surface area contributed by atoms with E-state index in [4.69, 9.17) is 18.9 Å². The summed E-state index contributed by atoms with van der Waals surface area (Å²) in [5, 5.41) is 0. The third kappa shape index (κ3) is 3.71. The van der Waals surface area contributed by atoms with Gasteiger partial charge in [0, 0.05) is 17.4 Å². The zero-order valence-corrected chi connectivity index (χ0v) is 21.2. The Morgan fingerprint density at radius 2 is 1.08 bits per heavy atom. The summed E-state index contributed by atoms with van der Waals surface area (Å²) in [6, 6.07) is 3.60. The number of benzene rings is 1. The van der Waals surface area contributed by atoms with Gasteiger partial charge >= 0.3 is 23.9 Å². The minimum atomic E-state index is -1.50. The molecular formula is C27H32O9. The molecule has 0 saturated heterocycles. The first-order valence-corrected chi connectivity index (χ1v) is 12.5. The summed E-state index contributed by atoms with van der Waals surface area (Å²) in [6.07, 6.45) is 0.570. The molecule has 1 saturated carbocycles. The Morgan fingerprint density at radius 1 is 0.667 bits per heavy atom. The van der Waals surface area contributed by atoms with Crippen molar-refractivity contribution in [3.05, 3.63) is 34.4 Å². The highest BCUT2D eigenvalue weighted by molar-refractivity contribution is 6.07. The molecule has 0 N–H and O–H groups in total. The van der Waals surface area contributed by atoms with Gasteiger partial charge in [-0.15, -0.1) is 0 Å². The fourth-order valence-electron chi connectivity index (χ4n) is 6.14. The summed E-state index contributed by atoms with van der Waals surface area (Å²) in [4.78, 5) is 64.6. The predicted molar refractivity (Wildman–Crippen MR) is 125 cm³/mol. The monoisotopic (exact) mass is 500 g/mol. The number of ketones is 1. The molecule has 0 bridgehead atoms. The van der Waals surface area contributed by atoms with E-state index in [9.17, 15) is 24.0 Å². The van der Waals surface area contributed by atoms with Crippen molar-refractivity contribution in [3.8, 4) is 0 Å². The van der Waals surface area contributed by atoms with Gasteiger partial charge in [0.1, 0.15) is 0 Å². The molecule has 194 valence electrons. The summed E-state index contributed by atoms with van der Waals surface area (Å²) in [7, 11) is 0. The molecule has 0 amide bonds. The number of rotatable bonds is 8. The second-order valence-corrected chi connectivity index (χ2v) is 9.80. The highest BCUT2D eigenvalue weighted by Crippen LogP contribution is 2.63. The number of carbonyl (C=O) groups is 5. The zero-order valence-electron chi connectivity index (χ0n) is 21.2. The largest absolute Gasteiger partial charge is 0.465 e. The highest BCUT2D eigenvalue weighted by atomic mass is 16.6. The molecule has 9 nitrogen and oxygen atoms in total. The molecule has 1 fully saturated rings. The minimum absolute atomic E-state index is 0.0865. The SMILES string of the molecule is CCOC(=O)C1(C(=O)OCC)Cc2cc3c(cc2C1)C1(CC3=O)CC(C(=O)OCC)(C(=O)OCC)C1. The van der Waals surface area contributed by atoms with Gasteiger partial charge in [-0.2, -0.15) is 0 Å². The van der Waals surface area contributed by atoms with Crippen LogP contribution in [0.2, 0.25) is 0 Å². The lowest BCUT2D eigenvalue weighted by molar-refractivity contribution is -0.185.